The van der Waals surface area contributed by atoms with Crippen molar-refractivity contribution in [2.45, 2.75) is 24.9 Å². The summed E-state index contributed by atoms with van der Waals surface area (Å²) in [4.78, 5) is 21.3. The van der Waals surface area contributed by atoms with Gasteiger partial charge in [-0.1, -0.05) is 0 Å². The van der Waals surface area contributed by atoms with Crippen LogP contribution in [0.1, 0.15) is 12.8 Å². The van der Waals surface area contributed by atoms with E-state index in [9.17, 15) is 9.59 Å². The first-order chi connectivity index (χ1) is 6.54. The molecule has 0 saturated carbocycles. The van der Waals surface area contributed by atoms with Crippen molar-refractivity contribution in [2.75, 3.05) is 6.61 Å². The van der Waals surface area contributed by atoms with Crippen LogP contribution in [0.2, 0.25) is 0 Å². The van der Waals surface area contributed by atoms with Crippen molar-refractivity contribution in [3.8, 4) is 0 Å². The summed E-state index contributed by atoms with van der Waals surface area (Å²) in [6, 6.07) is -1.75. The first-order valence-corrected chi connectivity index (χ1v) is 4.37. The zero-order valence-electron chi connectivity index (χ0n) is 7.51. The minimum absolute atomic E-state index is 0.171. The molecule has 80 valence electrons. The van der Waals surface area contributed by atoms with Crippen molar-refractivity contribution in [3.05, 3.63) is 0 Å². The van der Waals surface area contributed by atoms with Gasteiger partial charge in [-0.15, -0.1) is 0 Å². The number of aliphatic carboxylic acids is 2. The number of nitrogens with one attached hydrogen (secondary N) is 1. The van der Waals surface area contributed by atoms with Crippen molar-refractivity contribution in [3.63, 3.8) is 0 Å². The van der Waals surface area contributed by atoms with Gasteiger partial charge in [0, 0.05) is 6.61 Å². The molecule has 6 nitrogen and oxygen atoms in total. The van der Waals surface area contributed by atoms with Gasteiger partial charge in [0.15, 0.2) is 0 Å². The predicted molar refractivity (Wildman–Crippen MR) is 45.8 cm³/mol. The summed E-state index contributed by atoms with van der Waals surface area (Å²) in [5.41, 5.74) is 0. The number of aliphatic hydroxyl groups excluding tert-OH is 1. The molecule has 0 aromatic heterocycles. The average molecular weight is 203 g/mol. The van der Waals surface area contributed by atoms with Crippen LogP contribution in [0.15, 0.2) is 0 Å². The molecule has 1 heterocycles. The van der Waals surface area contributed by atoms with E-state index in [1.165, 1.54) is 0 Å². The maximum atomic E-state index is 10.6. The molecule has 0 aromatic rings. The van der Waals surface area contributed by atoms with Gasteiger partial charge in [-0.2, -0.15) is 0 Å². The summed E-state index contributed by atoms with van der Waals surface area (Å²) in [6.07, 6.45) is 0.547. The van der Waals surface area contributed by atoms with E-state index in [0.717, 1.165) is 0 Å². The monoisotopic (exact) mass is 203 g/mol. The van der Waals surface area contributed by atoms with Gasteiger partial charge in [-0.3, -0.25) is 14.9 Å². The van der Waals surface area contributed by atoms with E-state index in [0.29, 0.717) is 0 Å². The third-order valence-electron chi connectivity index (χ3n) is 2.39. The third-order valence-corrected chi connectivity index (χ3v) is 2.39. The molecule has 1 fully saturated rings. The van der Waals surface area contributed by atoms with Gasteiger partial charge in [0.25, 0.3) is 0 Å². The Morgan fingerprint density at radius 1 is 1.14 bits per heavy atom. The summed E-state index contributed by atoms with van der Waals surface area (Å²) in [7, 11) is 0. The van der Waals surface area contributed by atoms with Gasteiger partial charge in [-0.05, 0) is 18.8 Å². The van der Waals surface area contributed by atoms with E-state index in [1.807, 2.05) is 0 Å². The Morgan fingerprint density at radius 3 is 1.86 bits per heavy atom. The largest absolute Gasteiger partial charge is 0.480 e. The Bertz CT molecular complexity index is 220. The highest BCUT2D eigenvalue weighted by Gasteiger charge is 2.34. The molecule has 0 spiro atoms. The van der Waals surface area contributed by atoms with Crippen LogP contribution >= 0.6 is 0 Å². The molecule has 0 bridgehead atoms. The molecule has 0 aromatic carbocycles. The molecule has 1 aliphatic rings. The van der Waals surface area contributed by atoms with Gasteiger partial charge in [0.05, 0.1) is 0 Å². The summed E-state index contributed by atoms with van der Waals surface area (Å²) in [5.74, 6) is -2.40. The lowest BCUT2D eigenvalue weighted by Gasteiger charge is -2.31. The molecule has 1 saturated heterocycles. The molecule has 6 heteroatoms. The number of aliphatic hydroxyl groups is 1. The minimum atomic E-state index is -1.07. The molecule has 0 aliphatic carbocycles. The highest BCUT2D eigenvalue weighted by atomic mass is 16.4. The molecular formula is C8H13NO5. The second kappa shape index (κ2) is 4.39. The fraction of sp³-hybridized carbons (Fsp3) is 0.750. The lowest BCUT2D eigenvalue weighted by atomic mass is 9.88. The molecule has 14 heavy (non-hydrogen) atoms. The Kier molecular flexibility index (Phi) is 3.43. The topological polar surface area (TPSA) is 107 Å². The molecule has 0 amide bonds. The van der Waals surface area contributed by atoms with E-state index >= 15 is 0 Å². The van der Waals surface area contributed by atoms with Crippen LogP contribution < -0.4 is 5.32 Å². The normalized spacial score (nSPS) is 32.5. The SMILES string of the molecule is O=C(O)C1CC(CO)CC(C(=O)O)N1. The Labute approximate surface area is 80.5 Å². The smallest absolute Gasteiger partial charge is 0.320 e. The predicted octanol–water partition coefficient (Wildman–Crippen LogP) is -1.12. The van der Waals surface area contributed by atoms with Gasteiger partial charge < -0.3 is 15.3 Å². The molecule has 2 unspecified atom stereocenters. The molecule has 1 aliphatic heterocycles. The highest BCUT2D eigenvalue weighted by molar-refractivity contribution is 5.78. The maximum absolute atomic E-state index is 10.6. The highest BCUT2D eigenvalue weighted by Crippen LogP contribution is 2.20. The van der Waals surface area contributed by atoms with Crippen molar-refractivity contribution in [1.82, 2.24) is 5.32 Å². The first-order valence-electron chi connectivity index (χ1n) is 4.37. The number of rotatable bonds is 3. The summed E-state index contributed by atoms with van der Waals surface area (Å²) < 4.78 is 0. The molecule has 0 radical (unpaired) electrons. The zero-order valence-corrected chi connectivity index (χ0v) is 7.51. The lowest BCUT2D eigenvalue weighted by molar-refractivity contribution is -0.145. The van der Waals surface area contributed by atoms with Crippen molar-refractivity contribution >= 4 is 11.9 Å². The van der Waals surface area contributed by atoms with E-state index in [4.69, 9.17) is 15.3 Å². The Hall–Kier alpha value is -1.14. The van der Waals surface area contributed by atoms with E-state index in [2.05, 4.69) is 5.32 Å². The van der Waals surface area contributed by atoms with Crippen LogP contribution in [0.3, 0.4) is 0 Å². The second-order valence-electron chi connectivity index (χ2n) is 3.47. The second-order valence-corrected chi connectivity index (χ2v) is 3.47. The standard InChI is InChI=1S/C8H13NO5/c10-3-4-1-5(7(11)12)9-6(2-4)8(13)14/h4-6,9-10H,1-3H2,(H,11,12)(H,13,14). The van der Waals surface area contributed by atoms with Crippen LogP contribution in [0.25, 0.3) is 0 Å². The van der Waals surface area contributed by atoms with Crippen LogP contribution in [0, 0.1) is 5.92 Å². The van der Waals surface area contributed by atoms with Gasteiger partial charge >= 0.3 is 11.9 Å². The third kappa shape index (κ3) is 2.43. The number of carboxylic acid groups (broad SMARTS) is 2. The summed E-state index contributed by atoms with van der Waals surface area (Å²) >= 11 is 0. The van der Waals surface area contributed by atoms with Crippen LogP contribution in [-0.2, 0) is 9.59 Å². The van der Waals surface area contributed by atoms with E-state index in [1.54, 1.807) is 0 Å². The van der Waals surface area contributed by atoms with Crippen molar-refractivity contribution < 1.29 is 24.9 Å². The zero-order chi connectivity index (χ0) is 10.7. The Morgan fingerprint density at radius 2 is 1.57 bits per heavy atom. The fourth-order valence-corrected chi connectivity index (χ4v) is 1.64. The van der Waals surface area contributed by atoms with Gasteiger partial charge in [-0.25, -0.2) is 0 Å². The fourth-order valence-electron chi connectivity index (χ4n) is 1.64. The number of carboxylic acids is 2. The number of hydrogen-bond acceptors (Lipinski definition) is 4. The lowest BCUT2D eigenvalue weighted by Crippen LogP contribution is -2.53. The molecule has 2 atom stereocenters. The van der Waals surface area contributed by atoms with Crippen molar-refractivity contribution in [2.24, 2.45) is 5.92 Å². The van der Waals surface area contributed by atoms with E-state index < -0.39 is 24.0 Å². The summed E-state index contributed by atoms with van der Waals surface area (Å²) in [5, 5.41) is 28.8. The average Bonchev–Trinajstić information content (AvgIpc) is 2.16. The number of carbonyl (C=O) groups is 2. The van der Waals surface area contributed by atoms with Crippen LogP contribution in [0.5, 0.6) is 0 Å². The van der Waals surface area contributed by atoms with Crippen LogP contribution in [-0.4, -0.2) is 45.9 Å². The van der Waals surface area contributed by atoms with E-state index in [-0.39, 0.29) is 25.4 Å². The summed E-state index contributed by atoms with van der Waals surface area (Å²) in [6.45, 7) is -0.171. The number of hydrogen-bond donors (Lipinski definition) is 4. The Balaban J connectivity index is 2.66. The maximum Gasteiger partial charge on any atom is 0.320 e. The quantitative estimate of drug-likeness (QED) is 0.463. The number of piperidine rings is 1. The molecule has 1 rings (SSSR count). The van der Waals surface area contributed by atoms with Crippen molar-refractivity contribution in [1.29, 1.82) is 0 Å². The van der Waals surface area contributed by atoms with Crippen LogP contribution in [0.4, 0.5) is 0 Å². The molecular weight excluding hydrogens is 190 g/mol. The molecule has 4 N–H and O–H groups in total. The minimum Gasteiger partial charge on any atom is -0.480 e. The van der Waals surface area contributed by atoms with Gasteiger partial charge in [0.2, 0.25) is 0 Å². The van der Waals surface area contributed by atoms with Gasteiger partial charge in [0.1, 0.15) is 12.1 Å². The first kappa shape index (κ1) is 10.9.